The first-order chi connectivity index (χ1) is 19.0. The highest BCUT2D eigenvalue weighted by Gasteiger charge is 2.63. The van der Waals surface area contributed by atoms with Gasteiger partial charge in [-0.3, -0.25) is 19.3 Å². The molecular formula is C33H25BrN2O3. The number of carbonyl (C=O) groups is 3. The predicted molar refractivity (Wildman–Crippen MR) is 152 cm³/mol. The molecule has 3 amide bonds. The highest BCUT2D eigenvalue weighted by molar-refractivity contribution is 9.10. The third-order valence-electron chi connectivity index (χ3n) is 8.48. The molecule has 1 N–H and O–H groups in total. The van der Waals surface area contributed by atoms with E-state index in [-0.39, 0.29) is 36.0 Å². The van der Waals surface area contributed by atoms with Crippen LogP contribution in [0.4, 0.5) is 5.69 Å². The lowest BCUT2D eigenvalue weighted by Gasteiger charge is -2.45. The number of rotatable bonds is 5. The van der Waals surface area contributed by atoms with Gasteiger partial charge in [0, 0.05) is 28.4 Å². The molecule has 39 heavy (non-hydrogen) atoms. The van der Waals surface area contributed by atoms with Crippen molar-refractivity contribution in [3.05, 3.63) is 135 Å². The Bertz CT molecular complexity index is 1500. The second kappa shape index (κ2) is 9.31. The Labute approximate surface area is 235 Å². The van der Waals surface area contributed by atoms with Gasteiger partial charge in [0.1, 0.15) is 6.04 Å². The Morgan fingerprint density at radius 2 is 1.15 bits per heavy atom. The van der Waals surface area contributed by atoms with E-state index in [9.17, 15) is 14.4 Å². The van der Waals surface area contributed by atoms with Gasteiger partial charge < -0.3 is 5.32 Å². The number of halogens is 1. The normalized spacial score (nSPS) is 23.2. The molecule has 1 saturated heterocycles. The van der Waals surface area contributed by atoms with Crippen LogP contribution >= 0.6 is 15.9 Å². The molecule has 3 aliphatic carbocycles. The van der Waals surface area contributed by atoms with Gasteiger partial charge in [0.05, 0.1) is 11.8 Å². The van der Waals surface area contributed by atoms with E-state index in [1.54, 1.807) is 12.1 Å². The number of amides is 3. The number of likely N-dealkylation sites (tertiary alicyclic amines) is 1. The van der Waals surface area contributed by atoms with Crippen molar-refractivity contribution in [2.45, 2.75) is 24.3 Å². The molecule has 1 aliphatic heterocycles. The number of benzene rings is 4. The molecule has 4 aromatic rings. The molecule has 1 fully saturated rings. The molecule has 5 nitrogen and oxygen atoms in total. The zero-order valence-corrected chi connectivity index (χ0v) is 22.5. The molecule has 8 rings (SSSR count). The Hall–Kier alpha value is -4.03. The van der Waals surface area contributed by atoms with Crippen molar-refractivity contribution in [3.8, 4) is 0 Å². The second-order valence-corrected chi connectivity index (χ2v) is 11.4. The highest BCUT2D eigenvalue weighted by Crippen LogP contribution is 2.61. The Morgan fingerprint density at radius 3 is 1.64 bits per heavy atom. The lowest BCUT2D eigenvalue weighted by atomic mass is 9.55. The second-order valence-electron chi connectivity index (χ2n) is 10.5. The van der Waals surface area contributed by atoms with E-state index in [1.807, 2.05) is 66.7 Å². The summed E-state index contributed by atoms with van der Waals surface area (Å²) in [6.45, 7) is 0. The zero-order chi connectivity index (χ0) is 26.7. The lowest BCUT2D eigenvalue weighted by Crippen LogP contribution is -2.49. The molecule has 6 heteroatoms. The van der Waals surface area contributed by atoms with Gasteiger partial charge in [0.25, 0.3) is 0 Å². The van der Waals surface area contributed by atoms with Crippen LogP contribution in [0.3, 0.4) is 0 Å². The van der Waals surface area contributed by atoms with Crippen LogP contribution in [0.2, 0.25) is 0 Å². The Balaban J connectivity index is 1.31. The summed E-state index contributed by atoms with van der Waals surface area (Å²) in [5, 5.41) is 2.96. The van der Waals surface area contributed by atoms with E-state index >= 15 is 0 Å². The van der Waals surface area contributed by atoms with Crippen LogP contribution in [0.5, 0.6) is 0 Å². The van der Waals surface area contributed by atoms with Gasteiger partial charge >= 0.3 is 0 Å². The summed E-state index contributed by atoms with van der Waals surface area (Å²) in [6, 6.07) is 32.2. The SMILES string of the molecule is O=C(Nc1ccc(Br)cc1)[C@@H](Cc1ccccc1)N1C(=O)[C@H]2C3c4ccccc4C(c4ccccc43)[C@@H]2C1=O. The van der Waals surface area contributed by atoms with E-state index < -0.39 is 17.9 Å². The van der Waals surface area contributed by atoms with Crippen LogP contribution in [-0.4, -0.2) is 28.7 Å². The number of carbonyl (C=O) groups excluding carboxylic acids is 3. The van der Waals surface area contributed by atoms with E-state index in [2.05, 4.69) is 45.5 Å². The fraction of sp³-hybridized carbons (Fsp3) is 0.182. The first-order valence-corrected chi connectivity index (χ1v) is 14.0. The molecule has 3 atom stereocenters. The van der Waals surface area contributed by atoms with Gasteiger partial charge in [-0.2, -0.15) is 0 Å². The summed E-state index contributed by atoms with van der Waals surface area (Å²) in [7, 11) is 0. The van der Waals surface area contributed by atoms with Crippen LogP contribution in [0.25, 0.3) is 0 Å². The standard InChI is InChI=1S/C33H25BrN2O3/c34-20-14-16-21(17-15-20)35-31(37)26(18-19-8-2-1-3-9-19)36-32(38)29-27-22-10-4-5-11-23(22)28(30(29)33(36)39)25-13-7-6-12-24(25)27/h1-17,26-30H,18H2,(H,35,37)/t26-,27?,28?,29+,30+/m1/s1. The quantitative estimate of drug-likeness (QED) is 0.301. The van der Waals surface area contributed by atoms with Gasteiger partial charge in [0.15, 0.2) is 0 Å². The number of hydrogen-bond donors (Lipinski definition) is 1. The molecule has 0 spiro atoms. The number of nitrogens with zero attached hydrogens (tertiary/aromatic N) is 1. The molecule has 1 heterocycles. The van der Waals surface area contributed by atoms with Crippen LogP contribution in [0.1, 0.15) is 39.7 Å². The number of nitrogens with one attached hydrogen (secondary N) is 1. The van der Waals surface area contributed by atoms with Gasteiger partial charge in [0.2, 0.25) is 17.7 Å². The zero-order valence-electron chi connectivity index (χ0n) is 21.0. The maximum atomic E-state index is 14.3. The minimum absolute atomic E-state index is 0.208. The molecule has 0 saturated carbocycles. The predicted octanol–water partition coefficient (Wildman–Crippen LogP) is 5.89. The molecule has 4 aromatic carbocycles. The number of anilines is 1. The van der Waals surface area contributed by atoms with E-state index in [0.717, 1.165) is 32.3 Å². The summed E-state index contributed by atoms with van der Waals surface area (Å²) in [4.78, 5) is 43.7. The van der Waals surface area contributed by atoms with Crippen molar-refractivity contribution in [2.75, 3.05) is 5.32 Å². The smallest absolute Gasteiger partial charge is 0.248 e. The van der Waals surface area contributed by atoms with E-state index in [4.69, 9.17) is 0 Å². The maximum Gasteiger partial charge on any atom is 0.248 e. The van der Waals surface area contributed by atoms with Crippen molar-refractivity contribution >= 4 is 39.3 Å². The minimum Gasteiger partial charge on any atom is -0.324 e. The van der Waals surface area contributed by atoms with Crippen LogP contribution in [0.15, 0.2) is 108 Å². The topological polar surface area (TPSA) is 66.5 Å². The minimum atomic E-state index is -0.965. The van der Waals surface area contributed by atoms with Crippen molar-refractivity contribution < 1.29 is 14.4 Å². The first-order valence-electron chi connectivity index (χ1n) is 13.2. The summed E-state index contributed by atoms with van der Waals surface area (Å²) in [5.74, 6) is -2.34. The van der Waals surface area contributed by atoms with Gasteiger partial charge in [-0.25, -0.2) is 0 Å². The van der Waals surface area contributed by atoms with E-state index in [0.29, 0.717) is 5.69 Å². The van der Waals surface area contributed by atoms with Crippen LogP contribution in [0, 0.1) is 11.8 Å². The third kappa shape index (κ3) is 3.77. The van der Waals surface area contributed by atoms with Gasteiger partial charge in [-0.15, -0.1) is 0 Å². The number of imide groups is 1. The van der Waals surface area contributed by atoms with Crippen LogP contribution in [-0.2, 0) is 20.8 Å². The fourth-order valence-electron chi connectivity index (χ4n) is 6.90. The summed E-state index contributed by atoms with van der Waals surface area (Å²) < 4.78 is 0.893. The average molecular weight is 577 g/mol. The van der Waals surface area contributed by atoms with Crippen LogP contribution < -0.4 is 5.32 Å². The Morgan fingerprint density at radius 1 is 0.692 bits per heavy atom. The lowest BCUT2D eigenvalue weighted by molar-refractivity contribution is -0.146. The molecule has 2 bridgehead atoms. The fourth-order valence-corrected chi connectivity index (χ4v) is 7.17. The van der Waals surface area contributed by atoms with Gasteiger partial charge in [-0.05, 0) is 52.1 Å². The summed E-state index contributed by atoms with van der Waals surface area (Å²) in [6.07, 6.45) is 0.245. The van der Waals surface area contributed by atoms with Crippen molar-refractivity contribution in [2.24, 2.45) is 11.8 Å². The third-order valence-corrected chi connectivity index (χ3v) is 9.01. The molecule has 0 radical (unpaired) electrons. The first kappa shape index (κ1) is 24.0. The van der Waals surface area contributed by atoms with Crippen molar-refractivity contribution in [1.82, 2.24) is 4.90 Å². The largest absolute Gasteiger partial charge is 0.324 e. The van der Waals surface area contributed by atoms with E-state index in [1.165, 1.54) is 4.90 Å². The summed E-state index contributed by atoms with van der Waals surface area (Å²) >= 11 is 3.42. The summed E-state index contributed by atoms with van der Waals surface area (Å²) in [5.41, 5.74) is 5.96. The molecule has 192 valence electrons. The van der Waals surface area contributed by atoms with Gasteiger partial charge in [-0.1, -0.05) is 94.8 Å². The maximum absolute atomic E-state index is 14.3. The molecule has 0 unspecified atom stereocenters. The van der Waals surface area contributed by atoms with Crippen molar-refractivity contribution in [3.63, 3.8) is 0 Å². The molecule has 4 aliphatic rings. The number of hydrogen-bond acceptors (Lipinski definition) is 3. The monoisotopic (exact) mass is 576 g/mol. The molecular weight excluding hydrogens is 552 g/mol. The average Bonchev–Trinajstić information content (AvgIpc) is 3.23. The molecule has 0 aromatic heterocycles. The highest BCUT2D eigenvalue weighted by atomic mass is 79.9. The van der Waals surface area contributed by atoms with Crippen molar-refractivity contribution in [1.29, 1.82) is 0 Å². The Kier molecular flexibility index (Phi) is 5.74.